The number of nitrogens with zero attached hydrogens (tertiary/aromatic N) is 3. The molecular formula is C24H27Cl2N5O2S. The van der Waals surface area contributed by atoms with Crippen LogP contribution in [0.5, 0.6) is 0 Å². The molecule has 0 radical (unpaired) electrons. The van der Waals surface area contributed by atoms with Crippen LogP contribution < -0.4 is 10.6 Å². The number of benzene rings is 2. The molecule has 1 aromatic heterocycles. The molecule has 0 aliphatic carbocycles. The molecule has 0 fully saturated rings. The van der Waals surface area contributed by atoms with Gasteiger partial charge in [0.05, 0.1) is 22.4 Å². The highest BCUT2D eigenvalue weighted by atomic mass is 35.5. The molecule has 0 saturated carbocycles. The summed E-state index contributed by atoms with van der Waals surface area (Å²) in [7, 11) is 1.83. The summed E-state index contributed by atoms with van der Waals surface area (Å²) in [5.41, 5.74) is 1.38. The minimum absolute atomic E-state index is 0.0946. The molecule has 0 unspecified atom stereocenters. The molecule has 0 bridgehead atoms. The van der Waals surface area contributed by atoms with Crippen molar-refractivity contribution in [1.29, 1.82) is 0 Å². The van der Waals surface area contributed by atoms with Gasteiger partial charge in [0.1, 0.15) is 0 Å². The van der Waals surface area contributed by atoms with E-state index in [0.29, 0.717) is 40.5 Å². The van der Waals surface area contributed by atoms with Crippen molar-refractivity contribution in [2.45, 2.75) is 38.0 Å². The van der Waals surface area contributed by atoms with Gasteiger partial charge in [0.25, 0.3) is 5.91 Å². The second-order valence-corrected chi connectivity index (χ2v) is 10.0. The minimum Gasteiger partial charge on any atom is -0.351 e. The summed E-state index contributed by atoms with van der Waals surface area (Å²) >= 11 is 13.5. The predicted molar refractivity (Wildman–Crippen MR) is 136 cm³/mol. The van der Waals surface area contributed by atoms with Gasteiger partial charge in [0, 0.05) is 18.6 Å². The van der Waals surface area contributed by atoms with Crippen molar-refractivity contribution in [3.05, 3.63) is 75.5 Å². The molecule has 0 aliphatic heterocycles. The van der Waals surface area contributed by atoms with E-state index in [1.54, 1.807) is 12.1 Å². The van der Waals surface area contributed by atoms with E-state index >= 15 is 0 Å². The molecule has 3 rings (SSSR count). The largest absolute Gasteiger partial charge is 0.351 e. The summed E-state index contributed by atoms with van der Waals surface area (Å²) in [5.74, 6) is 0.704. The maximum atomic E-state index is 12.9. The Balaban J connectivity index is 1.65. The molecule has 1 atom stereocenters. The molecule has 2 N–H and O–H groups in total. The first-order valence-electron chi connectivity index (χ1n) is 10.8. The third-order valence-electron chi connectivity index (χ3n) is 5.03. The van der Waals surface area contributed by atoms with Gasteiger partial charge in [-0.05, 0) is 36.1 Å². The summed E-state index contributed by atoms with van der Waals surface area (Å²) in [6.07, 6.45) is 0.658. The summed E-state index contributed by atoms with van der Waals surface area (Å²) in [4.78, 5) is 25.2. The fourth-order valence-corrected chi connectivity index (χ4v) is 4.59. The number of carbonyl (C=O) groups is 2. The molecule has 10 heteroatoms. The quantitative estimate of drug-likeness (QED) is 0.366. The number of carbonyl (C=O) groups excluding carboxylic acids is 2. The fourth-order valence-electron chi connectivity index (χ4n) is 3.34. The summed E-state index contributed by atoms with van der Waals surface area (Å²) in [6, 6.07) is 14.1. The number of hydrogen-bond acceptors (Lipinski definition) is 5. The highest BCUT2D eigenvalue weighted by molar-refractivity contribution is 7.99. The lowest BCUT2D eigenvalue weighted by molar-refractivity contribution is -0.118. The van der Waals surface area contributed by atoms with Crippen molar-refractivity contribution in [2.75, 3.05) is 5.75 Å². The van der Waals surface area contributed by atoms with E-state index < -0.39 is 0 Å². The van der Waals surface area contributed by atoms with Crippen LogP contribution in [0.3, 0.4) is 0 Å². The molecule has 1 heterocycles. The normalized spacial score (nSPS) is 11.9. The van der Waals surface area contributed by atoms with Gasteiger partial charge in [-0.3, -0.25) is 9.59 Å². The zero-order valence-corrected chi connectivity index (χ0v) is 21.5. The molecule has 34 heavy (non-hydrogen) atoms. The Bertz CT molecular complexity index is 1140. The number of halogens is 2. The SMILES string of the molecule is CC(C)C[C@@H](NC(=O)c1ccc(Cl)cc1Cl)c1nnc(SCC(=O)NCc2ccccc2)n1C. The number of aromatic nitrogens is 3. The van der Waals surface area contributed by atoms with Gasteiger partial charge in [0.2, 0.25) is 5.91 Å². The molecular weight excluding hydrogens is 493 g/mol. The third kappa shape index (κ3) is 7.22. The second-order valence-electron chi connectivity index (χ2n) is 8.23. The van der Waals surface area contributed by atoms with Crippen molar-refractivity contribution in [2.24, 2.45) is 13.0 Å². The minimum atomic E-state index is -0.377. The Kier molecular flexibility index (Phi) is 9.38. The van der Waals surface area contributed by atoms with Gasteiger partial charge in [-0.15, -0.1) is 10.2 Å². The first kappa shape index (κ1) is 26.1. The number of amides is 2. The maximum absolute atomic E-state index is 12.9. The molecule has 0 spiro atoms. The van der Waals surface area contributed by atoms with E-state index in [-0.39, 0.29) is 28.6 Å². The standard InChI is InChI=1S/C24H27Cl2N5O2S/c1-15(2)11-20(28-23(33)18-10-9-17(25)12-19(18)26)22-29-30-24(31(22)3)34-14-21(32)27-13-16-7-5-4-6-8-16/h4-10,12,15,20H,11,13-14H2,1-3H3,(H,27,32)(H,28,33)/t20-/m1/s1. The van der Waals surface area contributed by atoms with Crippen LogP contribution in [0.25, 0.3) is 0 Å². The van der Waals surface area contributed by atoms with Crippen LogP contribution in [0.2, 0.25) is 10.0 Å². The monoisotopic (exact) mass is 519 g/mol. The van der Waals surface area contributed by atoms with Crippen LogP contribution in [0.15, 0.2) is 53.7 Å². The highest BCUT2D eigenvalue weighted by Gasteiger charge is 2.24. The highest BCUT2D eigenvalue weighted by Crippen LogP contribution is 2.26. The van der Waals surface area contributed by atoms with Crippen LogP contribution in [0.1, 0.15) is 48.1 Å². The number of rotatable bonds is 10. The predicted octanol–water partition coefficient (Wildman–Crippen LogP) is 5.05. The van der Waals surface area contributed by atoms with Gasteiger partial charge in [-0.1, -0.05) is 79.1 Å². The Hall–Kier alpha value is -2.55. The molecule has 7 nitrogen and oxygen atoms in total. The van der Waals surface area contributed by atoms with E-state index in [0.717, 1.165) is 5.56 Å². The topological polar surface area (TPSA) is 88.9 Å². The van der Waals surface area contributed by atoms with E-state index in [4.69, 9.17) is 23.2 Å². The van der Waals surface area contributed by atoms with E-state index in [2.05, 4.69) is 34.7 Å². The van der Waals surface area contributed by atoms with Crippen molar-refractivity contribution < 1.29 is 9.59 Å². The lowest BCUT2D eigenvalue weighted by atomic mass is 10.0. The van der Waals surface area contributed by atoms with Crippen LogP contribution in [-0.4, -0.2) is 32.3 Å². The summed E-state index contributed by atoms with van der Waals surface area (Å²) < 4.78 is 1.81. The van der Waals surface area contributed by atoms with Crippen LogP contribution in [0.4, 0.5) is 0 Å². The van der Waals surface area contributed by atoms with Gasteiger partial charge in [-0.2, -0.15) is 0 Å². The van der Waals surface area contributed by atoms with Crippen LogP contribution in [0, 0.1) is 5.92 Å². The van der Waals surface area contributed by atoms with Crippen molar-refractivity contribution in [3.63, 3.8) is 0 Å². The first-order valence-corrected chi connectivity index (χ1v) is 12.6. The Morgan fingerprint density at radius 3 is 2.50 bits per heavy atom. The average molecular weight is 520 g/mol. The van der Waals surface area contributed by atoms with Crippen molar-refractivity contribution in [1.82, 2.24) is 25.4 Å². The Labute approximate surface area is 213 Å². The first-order chi connectivity index (χ1) is 16.2. The summed E-state index contributed by atoms with van der Waals surface area (Å²) in [5, 5.41) is 15.8. The third-order valence-corrected chi connectivity index (χ3v) is 6.60. The maximum Gasteiger partial charge on any atom is 0.253 e. The van der Waals surface area contributed by atoms with Gasteiger partial charge >= 0.3 is 0 Å². The molecule has 180 valence electrons. The number of hydrogen-bond donors (Lipinski definition) is 2. The average Bonchev–Trinajstić information content (AvgIpc) is 3.16. The molecule has 2 aromatic carbocycles. The second kappa shape index (κ2) is 12.2. The summed E-state index contributed by atoms with van der Waals surface area (Å²) in [6.45, 7) is 4.61. The van der Waals surface area contributed by atoms with Gasteiger partial charge < -0.3 is 15.2 Å². The molecule has 2 amide bonds. The smallest absolute Gasteiger partial charge is 0.253 e. The number of nitrogens with one attached hydrogen (secondary N) is 2. The molecule has 3 aromatic rings. The van der Waals surface area contributed by atoms with E-state index in [1.165, 1.54) is 17.8 Å². The lowest BCUT2D eigenvalue weighted by Gasteiger charge is -2.20. The fraction of sp³-hybridized carbons (Fsp3) is 0.333. The van der Waals surface area contributed by atoms with E-state index in [1.807, 2.05) is 41.9 Å². The van der Waals surface area contributed by atoms with Crippen LogP contribution in [-0.2, 0) is 18.4 Å². The molecule has 0 aliphatic rings. The Morgan fingerprint density at radius 2 is 1.82 bits per heavy atom. The van der Waals surface area contributed by atoms with E-state index in [9.17, 15) is 9.59 Å². The van der Waals surface area contributed by atoms with Gasteiger partial charge in [0.15, 0.2) is 11.0 Å². The molecule has 0 saturated heterocycles. The van der Waals surface area contributed by atoms with Gasteiger partial charge in [-0.25, -0.2) is 0 Å². The Morgan fingerprint density at radius 1 is 1.09 bits per heavy atom. The zero-order valence-electron chi connectivity index (χ0n) is 19.2. The van der Waals surface area contributed by atoms with Crippen molar-refractivity contribution >= 4 is 46.8 Å². The number of thioether (sulfide) groups is 1. The zero-order chi connectivity index (χ0) is 24.7. The van der Waals surface area contributed by atoms with Crippen molar-refractivity contribution in [3.8, 4) is 0 Å². The lowest BCUT2D eigenvalue weighted by Crippen LogP contribution is -2.31. The van der Waals surface area contributed by atoms with Crippen LogP contribution >= 0.6 is 35.0 Å².